The first-order chi connectivity index (χ1) is 18.1. The average Bonchev–Trinajstić information content (AvgIpc) is 3.22. The third-order valence-electron chi connectivity index (χ3n) is 6.48. The Kier molecular flexibility index (Phi) is 8.33. The van der Waals surface area contributed by atoms with Crippen molar-refractivity contribution in [3.8, 4) is 0 Å². The first kappa shape index (κ1) is 27.2. The quantitative estimate of drug-likeness (QED) is 0.339. The number of carbonyl (C=O) groups excluding carboxylic acids is 1. The number of nitrogens with two attached hydrogens (primary N) is 2. The topological polar surface area (TPSA) is 100.0 Å². The first-order valence-corrected chi connectivity index (χ1v) is 12.4. The van der Waals surface area contributed by atoms with Gasteiger partial charge in [0.15, 0.2) is 0 Å². The fourth-order valence-corrected chi connectivity index (χ4v) is 4.43. The average molecular weight is 525 g/mol. The van der Waals surface area contributed by atoms with Gasteiger partial charge in [-0.25, -0.2) is 5.84 Å². The van der Waals surface area contributed by atoms with Crippen LogP contribution in [-0.4, -0.2) is 30.1 Å². The summed E-state index contributed by atoms with van der Waals surface area (Å²) in [5, 5.41) is 3.90. The van der Waals surface area contributed by atoms with Gasteiger partial charge in [-0.2, -0.15) is 13.2 Å². The number of amides is 1. The van der Waals surface area contributed by atoms with Crippen LogP contribution in [0.5, 0.6) is 0 Å². The molecule has 2 heterocycles. The molecule has 10 heteroatoms. The van der Waals surface area contributed by atoms with Gasteiger partial charge < -0.3 is 11.1 Å². The molecule has 7 nitrogen and oxygen atoms in total. The van der Waals surface area contributed by atoms with Gasteiger partial charge in [-0.15, -0.1) is 0 Å². The highest BCUT2D eigenvalue weighted by atomic mass is 19.4. The Bertz CT molecular complexity index is 1310. The molecule has 1 saturated heterocycles. The molecule has 0 bridgehead atoms. The van der Waals surface area contributed by atoms with Gasteiger partial charge in [0.1, 0.15) is 0 Å². The number of hydrazine groups is 1. The number of likely N-dealkylation sites (tertiary alicyclic amines) is 1. The summed E-state index contributed by atoms with van der Waals surface area (Å²) in [6, 6.07) is 8.80. The highest BCUT2D eigenvalue weighted by molar-refractivity contribution is 6.05. The zero-order valence-corrected chi connectivity index (χ0v) is 21.1. The SMILES string of the molecule is Cc1ccc(C(=O)Nc2ccc(CN3CCCC3)c(C(F)(F)F)c2)cc1N(N)/C=C(\N)C1=CN=CCC=C1. The van der Waals surface area contributed by atoms with Gasteiger partial charge >= 0.3 is 6.18 Å². The fraction of sp³-hybridized carbons (Fsp3) is 0.286. The molecule has 4 rings (SSSR count). The molecule has 0 aromatic heterocycles. The Morgan fingerprint density at radius 3 is 2.68 bits per heavy atom. The van der Waals surface area contributed by atoms with Crippen LogP contribution in [0.4, 0.5) is 24.5 Å². The molecule has 2 aromatic carbocycles. The highest BCUT2D eigenvalue weighted by Crippen LogP contribution is 2.35. The van der Waals surface area contributed by atoms with E-state index >= 15 is 0 Å². The van der Waals surface area contributed by atoms with E-state index in [1.807, 2.05) is 24.0 Å². The number of hydrogen-bond acceptors (Lipinski definition) is 6. The van der Waals surface area contributed by atoms with E-state index in [4.69, 9.17) is 11.6 Å². The fourth-order valence-electron chi connectivity index (χ4n) is 4.43. The molecular formula is C28H31F3N6O. The molecule has 1 amide bonds. The predicted octanol–water partition coefficient (Wildman–Crippen LogP) is 5.26. The number of halogens is 3. The van der Waals surface area contributed by atoms with Gasteiger partial charge in [0, 0.05) is 48.4 Å². The summed E-state index contributed by atoms with van der Waals surface area (Å²) in [6.45, 7) is 3.62. The molecule has 5 N–H and O–H groups in total. The van der Waals surface area contributed by atoms with Crippen molar-refractivity contribution in [1.82, 2.24) is 4.90 Å². The summed E-state index contributed by atoms with van der Waals surface area (Å²) in [7, 11) is 0. The number of rotatable bonds is 7. The Morgan fingerprint density at radius 2 is 1.95 bits per heavy atom. The van der Waals surface area contributed by atoms with Gasteiger partial charge in [0.05, 0.1) is 16.9 Å². The van der Waals surface area contributed by atoms with Crippen molar-refractivity contribution < 1.29 is 18.0 Å². The number of nitrogens with zero attached hydrogens (tertiary/aromatic N) is 3. The first-order valence-electron chi connectivity index (χ1n) is 12.4. The second kappa shape index (κ2) is 11.7. The molecule has 2 aliphatic heterocycles. The summed E-state index contributed by atoms with van der Waals surface area (Å²) in [5.74, 6) is 5.69. The molecule has 0 spiro atoms. The van der Waals surface area contributed by atoms with Gasteiger partial charge in [-0.1, -0.05) is 24.3 Å². The van der Waals surface area contributed by atoms with Crippen molar-refractivity contribution in [3.05, 3.63) is 94.5 Å². The van der Waals surface area contributed by atoms with Crippen molar-refractivity contribution in [2.75, 3.05) is 23.4 Å². The van der Waals surface area contributed by atoms with Crippen LogP contribution in [0.3, 0.4) is 0 Å². The molecule has 0 aliphatic carbocycles. The lowest BCUT2D eigenvalue weighted by Crippen LogP contribution is -2.27. The summed E-state index contributed by atoms with van der Waals surface area (Å²) >= 11 is 0. The highest BCUT2D eigenvalue weighted by Gasteiger charge is 2.34. The molecule has 0 saturated carbocycles. The maximum Gasteiger partial charge on any atom is 0.416 e. The van der Waals surface area contributed by atoms with E-state index in [-0.39, 0.29) is 23.4 Å². The lowest BCUT2D eigenvalue weighted by Gasteiger charge is -2.20. The van der Waals surface area contributed by atoms with Gasteiger partial charge in [-0.3, -0.25) is 19.7 Å². The summed E-state index contributed by atoms with van der Waals surface area (Å²) in [5.41, 5.74) is 8.31. The second-order valence-electron chi connectivity index (χ2n) is 9.35. The summed E-state index contributed by atoms with van der Waals surface area (Å²) in [4.78, 5) is 19.1. The smallest absolute Gasteiger partial charge is 0.397 e. The third kappa shape index (κ3) is 6.70. The standard InChI is InChI=1S/C28H31F3N6O/c1-19-7-8-20(14-26(19)37(33)18-25(32)21-6-2-3-11-34-16-21)27(38)35-23-10-9-22(17-36-12-4-5-13-36)24(15-23)28(29,30)31/h2,6-11,14-16,18H,3-5,12-13,17,32-33H2,1H3,(H,35,38)/b25-18-. The zero-order valence-electron chi connectivity index (χ0n) is 21.1. The molecule has 1 fully saturated rings. The summed E-state index contributed by atoms with van der Waals surface area (Å²) < 4.78 is 41.5. The van der Waals surface area contributed by atoms with Crippen LogP contribution in [-0.2, 0) is 12.7 Å². The van der Waals surface area contributed by atoms with Gasteiger partial charge in [0.2, 0.25) is 0 Å². The molecule has 200 valence electrons. The maximum absolute atomic E-state index is 13.8. The van der Waals surface area contributed by atoms with E-state index < -0.39 is 17.6 Å². The number of anilines is 2. The number of nitrogens with one attached hydrogen (secondary N) is 1. The van der Waals surface area contributed by atoms with Crippen LogP contribution in [0.25, 0.3) is 0 Å². The third-order valence-corrected chi connectivity index (χ3v) is 6.48. The molecule has 38 heavy (non-hydrogen) atoms. The number of hydrogen-bond donors (Lipinski definition) is 3. The Morgan fingerprint density at radius 1 is 1.18 bits per heavy atom. The molecule has 0 radical (unpaired) electrons. The molecule has 0 unspecified atom stereocenters. The van der Waals surface area contributed by atoms with E-state index in [1.165, 1.54) is 23.3 Å². The number of alkyl halides is 3. The minimum Gasteiger partial charge on any atom is -0.397 e. The number of aryl methyl sites for hydroxylation is 1. The number of allylic oxidation sites excluding steroid dienone is 2. The van der Waals surface area contributed by atoms with Crippen LogP contribution in [0.2, 0.25) is 0 Å². The maximum atomic E-state index is 13.8. The van der Waals surface area contributed by atoms with Crippen LogP contribution in [0, 0.1) is 6.92 Å². The van der Waals surface area contributed by atoms with Crippen LogP contribution in [0.1, 0.15) is 46.3 Å². The normalized spacial score (nSPS) is 16.3. The number of aliphatic imine (C=N–C) groups is 1. The van der Waals surface area contributed by atoms with Crippen molar-refractivity contribution in [2.45, 2.75) is 38.9 Å². The van der Waals surface area contributed by atoms with Crippen molar-refractivity contribution in [1.29, 1.82) is 0 Å². The van der Waals surface area contributed by atoms with Gasteiger partial charge in [-0.05, 0) is 68.2 Å². The lowest BCUT2D eigenvalue weighted by molar-refractivity contribution is -0.138. The van der Waals surface area contributed by atoms with E-state index in [9.17, 15) is 18.0 Å². The minimum atomic E-state index is -4.54. The largest absolute Gasteiger partial charge is 0.416 e. The Labute approximate surface area is 220 Å². The van der Waals surface area contributed by atoms with Crippen molar-refractivity contribution in [3.63, 3.8) is 0 Å². The molecule has 0 atom stereocenters. The summed E-state index contributed by atoms with van der Waals surface area (Å²) in [6.07, 6.45) is 6.80. The molecule has 2 aromatic rings. The Hall–Kier alpha value is -3.89. The lowest BCUT2D eigenvalue weighted by atomic mass is 10.0. The molecule has 2 aliphatic rings. The predicted molar refractivity (Wildman–Crippen MR) is 144 cm³/mol. The monoisotopic (exact) mass is 524 g/mol. The number of carbonyl (C=O) groups is 1. The van der Waals surface area contributed by atoms with E-state index in [0.29, 0.717) is 23.4 Å². The van der Waals surface area contributed by atoms with Crippen LogP contribution >= 0.6 is 0 Å². The van der Waals surface area contributed by atoms with E-state index in [2.05, 4.69) is 10.3 Å². The molecular weight excluding hydrogens is 493 g/mol. The number of benzene rings is 2. The van der Waals surface area contributed by atoms with Crippen LogP contribution in [0.15, 0.2) is 77.2 Å². The zero-order chi connectivity index (χ0) is 27.3. The van der Waals surface area contributed by atoms with E-state index in [1.54, 1.807) is 30.6 Å². The van der Waals surface area contributed by atoms with E-state index in [0.717, 1.165) is 37.6 Å². The minimum absolute atomic E-state index is 0.0657. The van der Waals surface area contributed by atoms with Gasteiger partial charge in [0.25, 0.3) is 5.91 Å². The Balaban J connectivity index is 1.53. The van der Waals surface area contributed by atoms with Crippen LogP contribution < -0.4 is 21.9 Å². The van der Waals surface area contributed by atoms with Crippen molar-refractivity contribution >= 4 is 23.5 Å². The van der Waals surface area contributed by atoms with Crippen molar-refractivity contribution in [2.24, 2.45) is 16.6 Å². The second-order valence-corrected chi connectivity index (χ2v) is 9.35.